The molecular formula is C18H13F3N4OS. The summed E-state index contributed by atoms with van der Waals surface area (Å²) in [4.78, 5) is 5.01. The van der Waals surface area contributed by atoms with E-state index >= 15 is 0 Å². The number of anilines is 1. The van der Waals surface area contributed by atoms with E-state index < -0.39 is 17.7 Å². The Bertz CT molecular complexity index is 1040. The minimum Gasteiger partial charge on any atom is -0.386 e. The van der Waals surface area contributed by atoms with Gasteiger partial charge in [-0.3, -0.25) is 0 Å². The number of imidazole rings is 1. The van der Waals surface area contributed by atoms with Crippen LogP contribution < -0.4 is 5.32 Å². The minimum atomic E-state index is -1.36. The molecule has 0 saturated heterocycles. The van der Waals surface area contributed by atoms with Gasteiger partial charge in [0.1, 0.15) is 23.6 Å². The fourth-order valence-electron chi connectivity index (χ4n) is 2.65. The van der Waals surface area contributed by atoms with Gasteiger partial charge < -0.3 is 10.4 Å². The molecule has 2 heterocycles. The molecule has 0 aliphatic carbocycles. The number of hydrogen-bond acceptors (Lipinski definition) is 5. The number of rotatable bonds is 5. The lowest BCUT2D eigenvalue weighted by Gasteiger charge is -2.13. The molecule has 2 N–H and O–H groups in total. The van der Waals surface area contributed by atoms with Gasteiger partial charge in [-0.05, 0) is 36.4 Å². The average molecular weight is 390 g/mol. The van der Waals surface area contributed by atoms with Gasteiger partial charge in [-0.15, -0.1) is 5.10 Å². The van der Waals surface area contributed by atoms with E-state index in [0.29, 0.717) is 15.8 Å². The Morgan fingerprint density at radius 3 is 2.44 bits per heavy atom. The van der Waals surface area contributed by atoms with Crippen molar-refractivity contribution in [1.82, 2.24) is 14.6 Å². The molecule has 1 unspecified atom stereocenters. The summed E-state index contributed by atoms with van der Waals surface area (Å²) in [5.74, 6) is -1.93. The number of nitrogens with one attached hydrogen (secondary N) is 1. The molecule has 0 aliphatic rings. The van der Waals surface area contributed by atoms with Crippen LogP contribution >= 0.6 is 11.3 Å². The zero-order valence-electron chi connectivity index (χ0n) is 13.7. The monoisotopic (exact) mass is 390 g/mol. The first-order chi connectivity index (χ1) is 13.0. The second kappa shape index (κ2) is 7.01. The smallest absolute Gasteiger partial charge is 0.214 e. The third-order valence-corrected chi connectivity index (χ3v) is 4.84. The number of hydrogen-bond donors (Lipinski definition) is 2. The first kappa shape index (κ1) is 17.5. The molecule has 4 aromatic rings. The van der Waals surface area contributed by atoms with Crippen LogP contribution in [0.2, 0.25) is 0 Å². The molecule has 0 amide bonds. The third kappa shape index (κ3) is 3.51. The first-order valence-electron chi connectivity index (χ1n) is 7.99. The van der Waals surface area contributed by atoms with Crippen LogP contribution in [0.3, 0.4) is 0 Å². The van der Waals surface area contributed by atoms with Crippen LogP contribution in [0, 0.1) is 17.5 Å². The quantitative estimate of drug-likeness (QED) is 0.540. The van der Waals surface area contributed by atoms with Gasteiger partial charge in [0.2, 0.25) is 10.1 Å². The molecular weight excluding hydrogens is 377 g/mol. The number of aliphatic hydroxyl groups is 1. The fourth-order valence-corrected chi connectivity index (χ4v) is 3.43. The van der Waals surface area contributed by atoms with Gasteiger partial charge in [0.25, 0.3) is 0 Å². The highest BCUT2D eigenvalue weighted by Gasteiger charge is 2.18. The van der Waals surface area contributed by atoms with Crippen molar-refractivity contribution in [3.05, 3.63) is 71.7 Å². The molecule has 5 nitrogen and oxygen atoms in total. The summed E-state index contributed by atoms with van der Waals surface area (Å²) in [5.41, 5.74) is 1.02. The highest BCUT2D eigenvalue weighted by Crippen LogP contribution is 2.26. The van der Waals surface area contributed by atoms with Gasteiger partial charge in [-0.2, -0.15) is 0 Å². The van der Waals surface area contributed by atoms with Crippen molar-refractivity contribution in [2.45, 2.75) is 6.10 Å². The van der Waals surface area contributed by atoms with Crippen molar-refractivity contribution in [2.24, 2.45) is 0 Å². The van der Waals surface area contributed by atoms with Gasteiger partial charge in [-0.25, -0.2) is 22.7 Å². The highest BCUT2D eigenvalue weighted by atomic mass is 32.1. The van der Waals surface area contributed by atoms with Gasteiger partial charge in [0.15, 0.2) is 0 Å². The van der Waals surface area contributed by atoms with Crippen LogP contribution in [0.4, 0.5) is 18.3 Å². The minimum absolute atomic E-state index is 0.112. The predicted octanol–water partition coefficient (Wildman–Crippen LogP) is 4.02. The maximum absolute atomic E-state index is 13.7. The van der Waals surface area contributed by atoms with Gasteiger partial charge in [0, 0.05) is 12.1 Å². The average Bonchev–Trinajstić information content (AvgIpc) is 3.19. The zero-order valence-corrected chi connectivity index (χ0v) is 14.6. The van der Waals surface area contributed by atoms with E-state index in [2.05, 4.69) is 15.4 Å². The largest absolute Gasteiger partial charge is 0.386 e. The van der Waals surface area contributed by atoms with Crippen molar-refractivity contribution >= 4 is 21.4 Å². The van der Waals surface area contributed by atoms with Crippen LogP contribution in [-0.4, -0.2) is 26.2 Å². The van der Waals surface area contributed by atoms with E-state index in [1.165, 1.54) is 29.5 Å². The molecule has 9 heteroatoms. The van der Waals surface area contributed by atoms with E-state index in [9.17, 15) is 18.3 Å². The molecule has 0 saturated carbocycles. The summed E-state index contributed by atoms with van der Waals surface area (Å²) in [7, 11) is 0. The third-order valence-electron chi connectivity index (χ3n) is 3.96. The molecule has 0 fully saturated rings. The molecule has 1 atom stereocenters. The van der Waals surface area contributed by atoms with Crippen molar-refractivity contribution in [3.8, 4) is 11.3 Å². The summed E-state index contributed by atoms with van der Waals surface area (Å²) in [6.07, 6.45) is 0.328. The van der Waals surface area contributed by atoms with E-state index in [1.54, 1.807) is 22.8 Å². The Balaban J connectivity index is 1.48. The highest BCUT2D eigenvalue weighted by molar-refractivity contribution is 7.20. The molecule has 4 rings (SSSR count). The van der Waals surface area contributed by atoms with E-state index in [1.807, 2.05) is 0 Å². The van der Waals surface area contributed by atoms with Gasteiger partial charge in [-0.1, -0.05) is 17.4 Å². The number of fused-ring (bicyclic) bond motifs is 1. The molecule has 0 radical (unpaired) electrons. The Morgan fingerprint density at radius 1 is 1.07 bits per heavy atom. The molecule has 2 aromatic carbocycles. The normalized spacial score (nSPS) is 12.4. The maximum atomic E-state index is 13.7. The standard InChI is InChI=1S/C18H13F3N4OS/c19-11-6-4-10(5-7-11)14-9-25-18(23-14)27-17(24-25)22-8-15(26)16-12(20)2-1-3-13(16)21/h1-7,9,15,26H,8H2,(H,22,24). The number of benzene rings is 2. The summed E-state index contributed by atoms with van der Waals surface area (Å²) >= 11 is 1.22. The van der Waals surface area contributed by atoms with E-state index in [4.69, 9.17) is 0 Å². The van der Waals surface area contributed by atoms with Crippen LogP contribution in [-0.2, 0) is 0 Å². The lowest BCUT2D eigenvalue weighted by Crippen LogP contribution is -2.15. The molecule has 2 aromatic heterocycles. The SMILES string of the molecule is OC(CNc1nn2cc(-c3ccc(F)cc3)nc2s1)c1c(F)cccc1F. The molecule has 27 heavy (non-hydrogen) atoms. The van der Waals surface area contributed by atoms with Crippen LogP contribution in [0.15, 0.2) is 48.7 Å². The number of aliphatic hydroxyl groups excluding tert-OH is 1. The van der Waals surface area contributed by atoms with E-state index in [0.717, 1.165) is 17.7 Å². The van der Waals surface area contributed by atoms with Crippen molar-refractivity contribution in [2.75, 3.05) is 11.9 Å². The Morgan fingerprint density at radius 2 is 1.78 bits per heavy atom. The van der Waals surface area contributed by atoms with Crippen molar-refractivity contribution in [3.63, 3.8) is 0 Å². The maximum Gasteiger partial charge on any atom is 0.214 e. The number of nitrogens with zero attached hydrogens (tertiary/aromatic N) is 3. The number of aromatic nitrogens is 3. The van der Waals surface area contributed by atoms with Gasteiger partial charge >= 0.3 is 0 Å². The van der Waals surface area contributed by atoms with Crippen molar-refractivity contribution < 1.29 is 18.3 Å². The Hall–Kier alpha value is -2.91. The summed E-state index contributed by atoms with van der Waals surface area (Å²) in [5, 5.41) is 17.6. The fraction of sp³-hybridized carbons (Fsp3) is 0.111. The summed E-state index contributed by atoms with van der Waals surface area (Å²) < 4.78 is 41.9. The Labute approximate surface area is 155 Å². The molecule has 138 valence electrons. The first-order valence-corrected chi connectivity index (χ1v) is 8.81. The lowest BCUT2D eigenvalue weighted by molar-refractivity contribution is 0.181. The van der Waals surface area contributed by atoms with Crippen molar-refractivity contribution in [1.29, 1.82) is 0 Å². The zero-order chi connectivity index (χ0) is 19.0. The molecule has 0 bridgehead atoms. The summed E-state index contributed by atoms with van der Waals surface area (Å²) in [6.45, 7) is -0.112. The Kier molecular flexibility index (Phi) is 4.54. The molecule has 0 aliphatic heterocycles. The van der Waals surface area contributed by atoms with Crippen LogP contribution in [0.1, 0.15) is 11.7 Å². The number of halogens is 3. The summed E-state index contributed by atoms with van der Waals surface area (Å²) in [6, 6.07) is 9.38. The molecule has 0 spiro atoms. The van der Waals surface area contributed by atoms with Gasteiger partial charge in [0.05, 0.1) is 17.5 Å². The van der Waals surface area contributed by atoms with Crippen LogP contribution in [0.5, 0.6) is 0 Å². The second-order valence-electron chi connectivity index (χ2n) is 5.80. The second-order valence-corrected chi connectivity index (χ2v) is 6.76. The van der Waals surface area contributed by atoms with E-state index in [-0.39, 0.29) is 17.9 Å². The lowest BCUT2D eigenvalue weighted by atomic mass is 10.1. The van der Waals surface area contributed by atoms with Crippen LogP contribution in [0.25, 0.3) is 16.2 Å². The topological polar surface area (TPSA) is 62.5 Å². The predicted molar refractivity (Wildman–Crippen MR) is 96.1 cm³/mol.